The first kappa shape index (κ1) is 14.9. The fourth-order valence-electron chi connectivity index (χ4n) is 1.63. The average molecular weight is 268 g/mol. The van der Waals surface area contributed by atoms with Gasteiger partial charge in [-0.25, -0.2) is 14.0 Å². The Morgan fingerprint density at radius 3 is 2.32 bits per heavy atom. The molecule has 1 atom stereocenters. The Hall–Kier alpha value is -2.11. The number of nitrogens with one attached hydrogen (secondary N) is 1. The molecular formula is C13H17FN2O3. The SMILES string of the molecule is CC[C@@H](NC(=O)N(CC)c1ccc(F)cc1)C(=O)O. The molecule has 0 aliphatic carbocycles. The highest BCUT2D eigenvalue weighted by Gasteiger charge is 2.21. The van der Waals surface area contributed by atoms with Crippen molar-refractivity contribution >= 4 is 17.7 Å². The van der Waals surface area contributed by atoms with Crippen molar-refractivity contribution in [1.29, 1.82) is 0 Å². The van der Waals surface area contributed by atoms with Crippen LogP contribution in [0.2, 0.25) is 0 Å². The Kier molecular flexibility index (Phi) is 5.29. The van der Waals surface area contributed by atoms with Crippen molar-refractivity contribution in [2.75, 3.05) is 11.4 Å². The van der Waals surface area contributed by atoms with Gasteiger partial charge in [-0.3, -0.25) is 4.90 Å². The highest BCUT2D eigenvalue weighted by atomic mass is 19.1. The molecule has 0 spiro atoms. The van der Waals surface area contributed by atoms with E-state index < -0.39 is 23.9 Å². The molecule has 0 saturated carbocycles. The van der Waals surface area contributed by atoms with Gasteiger partial charge in [-0.05, 0) is 37.6 Å². The van der Waals surface area contributed by atoms with Crippen LogP contribution in [0.5, 0.6) is 0 Å². The number of urea groups is 1. The Labute approximate surface area is 111 Å². The van der Waals surface area contributed by atoms with Gasteiger partial charge in [0.15, 0.2) is 0 Å². The summed E-state index contributed by atoms with van der Waals surface area (Å²) in [5, 5.41) is 11.3. The second-order valence-electron chi connectivity index (χ2n) is 3.97. The summed E-state index contributed by atoms with van der Waals surface area (Å²) < 4.78 is 12.8. The second-order valence-corrected chi connectivity index (χ2v) is 3.97. The van der Waals surface area contributed by atoms with Crippen LogP contribution in [0.25, 0.3) is 0 Å². The van der Waals surface area contributed by atoms with Crippen LogP contribution in [-0.4, -0.2) is 29.7 Å². The molecular weight excluding hydrogens is 251 g/mol. The van der Waals surface area contributed by atoms with E-state index in [0.29, 0.717) is 18.7 Å². The molecule has 0 aromatic heterocycles. The molecule has 0 unspecified atom stereocenters. The number of halogens is 1. The topological polar surface area (TPSA) is 69.6 Å². The fraction of sp³-hybridized carbons (Fsp3) is 0.385. The summed E-state index contributed by atoms with van der Waals surface area (Å²) in [5.41, 5.74) is 0.515. The van der Waals surface area contributed by atoms with Crippen LogP contribution in [0, 0.1) is 5.82 Å². The zero-order valence-corrected chi connectivity index (χ0v) is 10.9. The summed E-state index contributed by atoms with van der Waals surface area (Å²) in [5.74, 6) is -1.47. The number of aliphatic carboxylic acids is 1. The second kappa shape index (κ2) is 6.72. The summed E-state index contributed by atoms with van der Waals surface area (Å²) in [6, 6.07) is 4.00. The van der Waals surface area contributed by atoms with Crippen molar-refractivity contribution in [3.05, 3.63) is 30.1 Å². The van der Waals surface area contributed by atoms with E-state index in [9.17, 15) is 14.0 Å². The van der Waals surface area contributed by atoms with Crippen molar-refractivity contribution in [2.24, 2.45) is 0 Å². The van der Waals surface area contributed by atoms with Gasteiger partial charge in [0, 0.05) is 12.2 Å². The molecule has 2 N–H and O–H groups in total. The predicted molar refractivity (Wildman–Crippen MR) is 69.7 cm³/mol. The molecule has 0 heterocycles. The van der Waals surface area contributed by atoms with Gasteiger partial charge in [-0.2, -0.15) is 0 Å². The van der Waals surface area contributed by atoms with Crippen LogP contribution in [0.4, 0.5) is 14.9 Å². The first-order chi connectivity index (χ1) is 8.99. The van der Waals surface area contributed by atoms with Gasteiger partial charge in [-0.1, -0.05) is 6.92 Å². The Morgan fingerprint density at radius 2 is 1.89 bits per heavy atom. The van der Waals surface area contributed by atoms with Gasteiger partial charge in [0.1, 0.15) is 11.9 Å². The molecule has 0 saturated heterocycles. The summed E-state index contributed by atoms with van der Waals surface area (Å²) in [7, 11) is 0. The minimum absolute atomic E-state index is 0.294. The van der Waals surface area contributed by atoms with E-state index in [1.54, 1.807) is 13.8 Å². The zero-order chi connectivity index (χ0) is 14.4. The van der Waals surface area contributed by atoms with Crippen LogP contribution in [0.15, 0.2) is 24.3 Å². The van der Waals surface area contributed by atoms with E-state index in [0.717, 1.165) is 0 Å². The van der Waals surface area contributed by atoms with Crippen molar-refractivity contribution in [1.82, 2.24) is 5.32 Å². The van der Waals surface area contributed by atoms with Crippen LogP contribution in [-0.2, 0) is 4.79 Å². The number of carboxylic acid groups (broad SMARTS) is 1. The lowest BCUT2D eigenvalue weighted by Crippen LogP contribution is -2.47. The van der Waals surface area contributed by atoms with Crippen LogP contribution in [0.3, 0.4) is 0 Å². The maximum Gasteiger partial charge on any atom is 0.326 e. The Bertz CT molecular complexity index is 448. The summed E-state index contributed by atoms with van der Waals surface area (Å²) >= 11 is 0. The fourth-order valence-corrected chi connectivity index (χ4v) is 1.63. The lowest BCUT2D eigenvalue weighted by molar-refractivity contribution is -0.139. The third-order valence-corrected chi connectivity index (χ3v) is 2.70. The lowest BCUT2D eigenvalue weighted by atomic mass is 10.2. The van der Waals surface area contributed by atoms with Gasteiger partial charge < -0.3 is 10.4 Å². The third-order valence-electron chi connectivity index (χ3n) is 2.70. The number of anilines is 1. The summed E-state index contributed by atoms with van der Waals surface area (Å²) in [6.45, 7) is 3.78. The quantitative estimate of drug-likeness (QED) is 0.860. The largest absolute Gasteiger partial charge is 0.480 e. The summed E-state index contributed by atoms with van der Waals surface area (Å²) in [6.07, 6.45) is 0.294. The number of carboxylic acids is 1. The van der Waals surface area contributed by atoms with E-state index in [2.05, 4.69) is 5.32 Å². The van der Waals surface area contributed by atoms with E-state index in [-0.39, 0.29) is 0 Å². The smallest absolute Gasteiger partial charge is 0.326 e. The normalized spacial score (nSPS) is 11.7. The van der Waals surface area contributed by atoms with E-state index in [1.165, 1.54) is 29.2 Å². The van der Waals surface area contributed by atoms with Crippen LogP contribution < -0.4 is 10.2 Å². The Morgan fingerprint density at radius 1 is 1.32 bits per heavy atom. The standard InChI is InChI=1S/C13H17FN2O3/c1-3-11(12(17)18)15-13(19)16(4-2)10-7-5-9(14)6-8-10/h5-8,11H,3-4H2,1-2H3,(H,15,19)(H,17,18)/t11-/m1/s1. The number of amides is 2. The van der Waals surface area contributed by atoms with Gasteiger partial charge in [0.2, 0.25) is 0 Å². The van der Waals surface area contributed by atoms with Gasteiger partial charge in [-0.15, -0.1) is 0 Å². The number of hydrogen-bond acceptors (Lipinski definition) is 2. The number of carbonyl (C=O) groups excluding carboxylic acids is 1. The zero-order valence-electron chi connectivity index (χ0n) is 10.9. The highest BCUT2D eigenvalue weighted by Crippen LogP contribution is 2.15. The number of rotatable bonds is 5. The first-order valence-electron chi connectivity index (χ1n) is 6.06. The minimum atomic E-state index is -1.08. The van der Waals surface area contributed by atoms with Crippen LogP contribution in [0.1, 0.15) is 20.3 Å². The molecule has 1 rings (SSSR count). The number of benzene rings is 1. The molecule has 6 heteroatoms. The maximum atomic E-state index is 12.8. The number of nitrogens with zero attached hydrogens (tertiary/aromatic N) is 1. The molecule has 0 aliphatic rings. The molecule has 2 amide bonds. The van der Waals surface area contributed by atoms with E-state index in [4.69, 9.17) is 5.11 Å². The van der Waals surface area contributed by atoms with Crippen LogP contribution >= 0.6 is 0 Å². The van der Waals surface area contributed by atoms with Crippen molar-refractivity contribution in [2.45, 2.75) is 26.3 Å². The van der Waals surface area contributed by atoms with E-state index >= 15 is 0 Å². The van der Waals surface area contributed by atoms with Crippen molar-refractivity contribution in [3.63, 3.8) is 0 Å². The Balaban J connectivity index is 2.82. The number of carbonyl (C=O) groups is 2. The molecule has 0 radical (unpaired) electrons. The highest BCUT2D eigenvalue weighted by molar-refractivity contribution is 5.94. The maximum absolute atomic E-state index is 12.8. The monoisotopic (exact) mass is 268 g/mol. The number of hydrogen-bond donors (Lipinski definition) is 2. The van der Waals surface area contributed by atoms with Gasteiger partial charge >= 0.3 is 12.0 Å². The molecule has 0 bridgehead atoms. The molecule has 0 fully saturated rings. The van der Waals surface area contributed by atoms with Gasteiger partial charge in [0.05, 0.1) is 0 Å². The molecule has 5 nitrogen and oxygen atoms in total. The molecule has 104 valence electrons. The van der Waals surface area contributed by atoms with Crippen molar-refractivity contribution < 1.29 is 19.1 Å². The van der Waals surface area contributed by atoms with E-state index in [1.807, 2.05) is 0 Å². The molecule has 0 aliphatic heterocycles. The lowest BCUT2D eigenvalue weighted by Gasteiger charge is -2.23. The predicted octanol–water partition coefficient (Wildman–Crippen LogP) is 2.22. The molecule has 1 aromatic rings. The average Bonchev–Trinajstić information content (AvgIpc) is 2.38. The minimum Gasteiger partial charge on any atom is -0.480 e. The van der Waals surface area contributed by atoms with Gasteiger partial charge in [0.25, 0.3) is 0 Å². The molecule has 19 heavy (non-hydrogen) atoms. The third kappa shape index (κ3) is 3.94. The summed E-state index contributed by atoms with van der Waals surface area (Å²) in [4.78, 5) is 24.2. The molecule has 1 aromatic carbocycles. The van der Waals surface area contributed by atoms with Crippen molar-refractivity contribution in [3.8, 4) is 0 Å². The first-order valence-corrected chi connectivity index (χ1v) is 6.06.